The van der Waals surface area contributed by atoms with Crippen molar-refractivity contribution in [2.45, 2.75) is 37.2 Å². The molecule has 3 rings (SSSR count). The van der Waals surface area contributed by atoms with Crippen LogP contribution in [-0.4, -0.2) is 36.8 Å². The number of nitrogens with zero attached hydrogens (tertiary/aromatic N) is 1. The van der Waals surface area contributed by atoms with Crippen LogP contribution in [0.3, 0.4) is 0 Å². The van der Waals surface area contributed by atoms with E-state index in [1.54, 1.807) is 48.5 Å². The number of hydrogen-bond acceptors (Lipinski definition) is 4. The molecule has 6 nitrogen and oxygen atoms in total. The van der Waals surface area contributed by atoms with Crippen molar-refractivity contribution in [3.05, 3.63) is 59.7 Å². The van der Waals surface area contributed by atoms with Crippen molar-refractivity contribution in [1.29, 1.82) is 0 Å². The molecule has 2 aromatic carbocycles. The molecule has 1 aliphatic heterocycles. The molecule has 1 aliphatic rings. The van der Waals surface area contributed by atoms with Crippen LogP contribution in [0.1, 0.15) is 30.4 Å². The van der Waals surface area contributed by atoms with Crippen LogP contribution < -0.4 is 5.32 Å². The first-order valence-electron chi connectivity index (χ1n) is 9.08. The van der Waals surface area contributed by atoms with E-state index in [9.17, 15) is 13.2 Å². The van der Waals surface area contributed by atoms with Crippen molar-refractivity contribution in [3.63, 3.8) is 0 Å². The number of nitrogens with one attached hydrogen (secondary N) is 1. The van der Waals surface area contributed by atoms with Crippen LogP contribution in [-0.2, 0) is 27.8 Å². The molecule has 1 amide bonds. The van der Waals surface area contributed by atoms with Gasteiger partial charge in [0.1, 0.15) is 0 Å². The maximum absolute atomic E-state index is 12.6. The fourth-order valence-electron chi connectivity index (χ4n) is 3.17. The van der Waals surface area contributed by atoms with E-state index in [0.29, 0.717) is 18.8 Å². The maximum atomic E-state index is 12.6. The number of benzene rings is 2. The van der Waals surface area contributed by atoms with E-state index in [0.717, 1.165) is 30.4 Å². The third-order valence-corrected chi connectivity index (χ3v) is 6.55. The zero-order valence-electron chi connectivity index (χ0n) is 15.1. The Balaban J connectivity index is 1.63. The van der Waals surface area contributed by atoms with Crippen LogP contribution in [0.5, 0.6) is 0 Å². The highest BCUT2D eigenvalue weighted by molar-refractivity contribution is 7.89. The lowest BCUT2D eigenvalue weighted by Crippen LogP contribution is -2.35. The predicted octanol–water partition coefficient (Wildman–Crippen LogP) is 2.53. The summed E-state index contributed by atoms with van der Waals surface area (Å²) in [6.07, 6.45) is 3.01. The Bertz CT molecular complexity index is 888. The van der Waals surface area contributed by atoms with E-state index in [2.05, 4.69) is 5.32 Å². The second-order valence-electron chi connectivity index (χ2n) is 6.69. The van der Waals surface area contributed by atoms with Crippen molar-refractivity contribution in [3.8, 4) is 0 Å². The van der Waals surface area contributed by atoms with Gasteiger partial charge in [-0.1, -0.05) is 30.7 Å². The van der Waals surface area contributed by atoms with Gasteiger partial charge in [-0.15, -0.1) is 0 Å². The molecular weight excluding hydrogens is 364 g/mol. The lowest BCUT2D eigenvalue weighted by molar-refractivity contribution is -0.115. The standard InChI is InChI=1S/C20H24N2O4S/c23-15-17-5-4-6-18(13-17)21-20(24)14-16-7-9-19(10-8-16)27(25,26)22-11-2-1-3-12-22/h4-10,13,23H,1-3,11-12,14-15H2,(H,21,24). The second-order valence-corrected chi connectivity index (χ2v) is 8.63. The Morgan fingerprint density at radius 2 is 1.70 bits per heavy atom. The van der Waals surface area contributed by atoms with Gasteiger partial charge >= 0.3 is 0 Å². The van der Waals surface area contributed by atoms with E-state index in [1.807, 2.05) is 0 Å². The molecule has 0 aliphatic carbocycles. The molecule has 144 valence electrons. The summed E-state index contributed by atoms with van der Waals surface area (Å²) in [6, 6.07) is 13.5. The first-order valence-corrected chi connectivity index (χ1v) is 10.5. The normalized spacial score (nSPS) is 15.4. The number of aliphatic hydroxyl groups is 1. The van der Waals surface area contributed by atoms with Crippen molar-refractivity contribution in [2.24, 2.45) is 0 Å². The topological polar surface area (TPSA) is 86.7 Å². The van der Waals surface area contributed by atoms with Gasteiger partial charge in [-0.2, -0.15) is 4.31 Å². The number of hydrogen-bond donors (Lipinski definition) is 2. The van der Waals surface area contributed by atoms with Crippen LogP contribution in [0.4, 0.5) is 5.69 Å². The van der Waals surface area contributed by atoms with Gasteiger partial charge in [0.2, 0.25) is 15.9 Å². The smallest absolute Gasteiger partial charge is 0.243 e. The van der Waals surface area contributed by atoms with Crippen LogP contribution in [0.25, 0.3) is 0 Å². The molecule has 0 bridgehead atoms. The summed E-state index contributed by atoms with van der Waals surface area (Å²) in [4.78, 5) is 12.5. The summed E-state index contributed by atoms with van der Waals surface area (Å²) in [5.41, 5.74) is 2.08. The Morgan fingerprint density at radius 1 is 1.00 bits per heavy atom. The average Bonchev–Trinajstić information content (AvgIpc) is 2.69. The molecule has 2 aromatic rings. The maximum Gasteiger partial charge on any atom is 0.243 e. The molecule has 0 aromatic heterocycles. The zero-order valence-corrected chi connectivity index (χ0v) is 15.9. The van der Waals surface area contributed by atoms with E-state index in [1.165, 1.54) is 4.31 Å². The fraction of sp³-hybridized carbons (Fsp3) is 0.350. The highest BCUT2D eigenvalue weighted by atomic mass is 32.2. The molecule has 0 spiro atoms. The minimum atomic E-state index is -3.45. The summed E-state index contributed by atoms with van der Waals surface area (Å²) in [5.74, 6) is -0.197. The number of sulfonamides is 1. The van der Waals surface area contributed by atoms with Crippen LogP contribution in [0.2, 0.25) is 0 Å². The lowest BCUT2D eigenvalue weighted by Gasteiger charge is -2.25. The van der Waals surface area contributed by atoms with Gasteiger partial charge in [0.15, 0.2) is 0 Å². The summed E-state index contributed by atoms with van der Waals surface area (Å²) in [6.45, 7) is 1.05. The predicted molar refractivity (Wildman–Crippen MR) is 104 cm³/mol. The van der Waals surface area contributed by atoms with Gasteiger partial charge < -0.3 is 10.4 Å². The number of aliphatic hydroxyl groups excluding tert-OH is 1. The summed E-state index contributed by atoms with van der Waals surface area (Å²) in [5, 5.41) is 11.9. The summed E-state index contributed by atoms with van der Waals surface area (Å²) >= 11 is 0. The number of amides is 1. The van der Waals surface area contributed by atoms with Gasteiger partial charge in [-0.3, -0.25) is 4.79 Å². The summed E-state index contributed by atoms with van der Waals surface area (Å²) < 4.78 is 26.8. The number of carbonyl (C=O) groups is 1. The second kappa shape index (κ2) is 8.65. The van der Waals surface area contributed by atoms with Crippen molar-refractivity contribution < 1.29 is 18.3 Å². The lowest BCUT2D eigenvalue weighted by atomic mass is 10.1. The largest absolute Gasteiger partial charge is 0.392 e. The van der Waals surface area contributed by atoms with Crippen molar-refractivity contribution in [1.82, 2.24) is 4.31 Å². The molecule has 1 fully saturated rings. The molecule has 0 saturated carbocycles. The van der Waals surface area contributed by atoms with E-state index < -0.39 is 10.0 Å². The van der Waals surface area contributed by atoms with Crippen molar-refractivity contribution in [2.75, 3.05) is 18.4 Å². The van der Waals surface area contributed by atoms with Crippen LogP contribution in [0.15, 0.2) is 53.4 Å². The number of anilines is 1. The Hall–Kier alpha value is -2.22. The van der Waals surface area contributed by atoms with Crippen LogP contribution >= 0.6 is 0 Å². The third kappa shape index (κ3) is 4.94. The van der Waals surface area contributed by atoms with Crippen molar-refractivity contribution >= 4 is 21.6 Å². The highest BCUT2D eigenvalue weighted by Crippen LogP contribution is 2.21. The fourth-order valence-corrected chi connectivity index (χ4v) is 4.69. The first kappa shape index (κ1) is 19.5. The highest BCUT2D eigenvalue weighted by Gasteiger charge is 2.25. The number of rotatable bonds is 6. The average molecular weight is 388 g/mol. The molecule has 0 unspecified atom stereocenters. The summed E-state index contributed by atoms with van der Waals surface area (Å²) in [7, 11) is -3.45. The van der Waals surface area contributed by atoms with Gasteiger partial charge in [-0.25, -0.2) is 8.42 Å². The van der Waals surface area contributed by atoms with Gasteiger partial charge in [0.05, 0.1) is 17.9 Å². The van der Waals surface area contributed by atoms with Crippen LogP contribution in [0, 0.1) is 0 Å². The van der Waals surface area contributed by atoms with Gasteiger partial charge in [0, 0.05) is 18.8 Å². The molecule has 0 radical (unpaired) electrons. The molecule has 7 heteroatoms. The zero-order chi connectivity index (χ0) is 19.3. The number of piperidine rings is 1. The third-order valence-electron chi connectivity index (χ3n) is 4.63. The molecule has 1 saturated heterocycles. The van der Waals surface area contributed by atoms with Gasteiger partial charge in [0.25, 0.3) is 0 Å². The van der Waals surface area contributed by atoms with E-state index >= 15 is 0 Å². The molecule has 0 atom stereocenters. The van der Waals surface area contributed by atoms with Gasteiger partial charge in [-0.05, 0) is 48.2 Å². The minimum absolute atomic E-state index is 0.0866. The Morgan fingerprint density at radius 3 is 2.37 bits per heavy atom. The minimum Gasteiger partial charge on any atom is -0.392 e. The number of carbonyl (C=O) groups excluding carboxylic acids is 1. The van der Waals surface area contributed by atoms with E-state index in [4.69, 9.17) is 5.11 Å². The molecular formula is C20H24N2O4S. The van der Waals surface area contributed by atoms with E-state index in [-0.39, 0.29) is 23.8 Å². The SMILES string of the molecule is O=C(Cc1ccc(S(=O)(=O)N2CCCCC2)cc1)Nc1cccc(CO)c1. The molecule has 1 heterocycles. The Labute approximate surface area is 159 Å². The quantitative estimate of drug-likeness (QED) is 0.796. The molecule has 2 N–H and O–H groups in total. The first-order chi connectivity index (χ1) is 13.0. The Kier molecular flexibility index (Phi) is 6.26. The molecule has 27 heavy (non-hydrogen) atoms. The monoisotopic (exact) mass is 388 g/mol.